The Morgan fingerprint density at radius 3 is 2.59 bits per heavy atom. The SMILES string of the molecule is COC(=O)c1cc(OC(F)F)cc(F)c1C#N. The average Bonchev–Trinajstić information content (AvgIpc) is 2.26. The summed E-state index contributed by atoms with van der Waals surface area (Å²) in [4.78, 5) is 11.2. The lowest BCUT2D eigenvalue weighted by Gasteiger charge is -2.08. The van der Waals surface area contributed by atoms with E-state index < -0.39 is 35.3 Å². The zero-order chi connectivity index (χ0) is 13.0. The Labute approximate surface area is 94.2 Å². The summed E-state index contributed by atoms with van der Waals surface area (Å²) in [6.07, 6.45) is 0. The third-order valence-corrected chi connectivity index (χ3v) is 1.81. The van der Waals surface area contributed by atoms with Gasteiger partial charge in [0.2, 0.25) is 0 Å². The van der Waals surface area contributed by atoms with Gasteiger partial charge in [-0.3, -0.25) is 0 Å². The van der Waals surface area contributed by atoms with Crippen LogP contribution in [0.15, 0.2) is 12.1 Å². The number of hydrogen-bond donors (Lipinski definition) is 0. The Hall–Kier alpha value is -2.23. The molecule has 1 aromatic carbocycles. The number of carbonyl (C=O) groups excluding carboxylic acids is 1. The van der Waals surface area contributed by atoms with Gasteiger partial charge in [0.15, 0.2) is 0 Å². The van der Waals surface area contributed by atoms with Gasteiger partial charge in [-0.1, -0.05) is 0 Å². The van der Waals surface area contributed by atoms with E-state index in [0.29, 0.717) is 6.07 Å². The average molecular weight is 245 g/mol. The van der Waals surface area contributed by atoms with E-state index in [1.165, 1.54) is 6.07 Å². The Morgan fingerprint density at radius 1 is 1.47 bits per heavy atom. The first kappa shape index (κ1) is 12.8. The van der Waals surface area contributed by atoms with Gasteiger partial charge in [0.1, 0.15) is 23.2 Å². The van der Waals surface area contributed by atoms with E-state index in [-0.39, 0.29) is 0 Å². The predicted octanol–water partition coefficient (Wildman–Crippen LogP) is 2.09. The predicted molar refractivity (Wildman–Crippen MR) is 49.1 cm³/mol. The molecular weight excluding hydrogens is 239 g/mol. The normalized spacial score (nSPS) is 9.88. The van der Waals surface area contributed by atoms with E-state index in [1.807, 2.05) is 0 Å². The Bertz CT molecular complexity index is 482. The number of hydrogen-bond acceptors (Lipinski definition) is 4. The highest BCUT2D eigenvalue weighted by atomic mass is 19.3. The maximum absolute atomic E-state index is 13.3. The van der Waals surface area contributed by atoms with Gasteiger partial charge in [0.05, 0.1) is 12.7 Å². The molecule has 0 radical (unpaired) electrons. The van der Waals surface area contributed by atoms with Crippen molar-refractivity contribution in [2.24, 2.45) is 0 Å². The number of esters is 1. The zero-order valence-electron chi connectivity index (χ0n) is 8.54. The van der Waals surface area contributed by atoms with Crippen LogP contribution < -0.4 is 4.74 Å². The van der Waals surface area contributed by atoms with Crippen molar-refractivity contribution < 1.29 is 27.4 Å². The summed E-state index contributed by atoms with van der Waals surface area (Å²) in [6, 6.07) is 2.85. The van der Waals surface area contributed by atoms with E-state index in [9.17, 15) is 18.0 Å². The summed E-state index contributed by atoms with van der Waals surface area (Å²) in [5.74, 6) is -2.71. The molecule has 4 nitrogen and oxygen atoms in total. The molecule has 17 heavy (non-hydrogen) atoms. The fourth-order valence-electron chi connectivity index (χ4n) is 1.14. The fraction of sp³-hybridized carbons (Fsp3) is 0.200. The number of nitriles is 1. The minimum atomic E-state index is -3.16. The molecule has 0 fully saturated rings. The van der Waals surface area contributed by atoms with Crippen molar-refractivity contribution in [3.8, 4) is 11.8 Å². The monoisotopic (exact) mass is 245 g/mol. The van der Waals surface area contributed by atoms with Crippen LogP contribution in [0.4, 0.5) is 13.2 Å². The Morgan fingerprint density at radius 2 is 2.12 bits per heavy atom. The Kier molecular flexibility index (Phi) is 3.93. The van der Waals surface area contributed by atoms with E-state index in [2.05, 4.69) is 9.47 Å². The molecule has 0 aromatic heterocycles. The number of benzene rings is 1. The molecule has 0 saturated carbocycles. The number of ether oxygens (including phenoxy) is 2. The van der Waals surface area contributed by atoms with E-state index >= 15 is 0 Å². The molecule has 90 valence electrons. The molecule has 0 heterocycles. The molecule has 1 rings (SSSR count). The minimum Gasteiger partial charge on any atom is -0.465 e. The third-order valence-electron chi connectivity index (χ3n) is 1.81. The molecule has 0 spiro atoms. The number of rotatable bonds is 3. The Balaban J connectivity index is 3.29. The number of alkyl halides is 2. The molecule has 0 amide bonds. The van der Waals surface area contributed by atoms with E-state index in [4.69, 9.17) is 5.26 Å². The van der Waals surface area contributed by atoms with Crippen LogP contribution in [0, 0.1) is 17.1 Å². The van der Waals surface area contributed by atoms with Crippen molar-refractivity contribution in [2.45, 2.75) is 6.61 Å². The van der Waals surface area contributed by atoms with E-state index in [1.54, 1.807) is 0 Å². The first-order chi connectivity index (χ1) is 7.99. The van der Waals surface area contributed by atoms with Gasteiger partial charge in [-0.2, -0.15) is 14.0 Å². The van der Waals surface area contributed by atoms with Gasteiger partial charge in [0.25, 0.3) is 0 Å². The number of methoxy groups -OCH3 is 1. The smallest absolute Gasteiger partial charge is 0.387 e. The number of halogens is 3. The van der Waals surface area contributed by atoms with Crippen molar-refractivity contribution in [3.05, 3.63) is 29.1 Å². The van der Waals surface area contributed by atoms with Crippen LogP contribution >= 0.6 is 0 Å². The number of nitrogens with zero attached hydrogens (tertiary/aromatic N) is 1. The molecule has 7 heteroatoms. The fourth-order valence-corrected chi connectivity index (χ4v) is 1.14. The van der Waals surface area contributed by atoms with Crippen molar-refractivity contribution in [1.82, 2.24) is 0 Å². The van der Waals surface area contributed by atoms with Crippen molar-refractivity contribution in [2.75, 3.05) is 7.11 Å². The van der Waals surface area contributed by atoms with Crippen LogP contribution in [-0.4, -0.2) is 19.7 Å². The molecule has 0 N–H and O–H groups in total. The molecule has 0 bridgehead atoms. The molecule has 1 aromatic rings. The lowest BCUT2D eigenvalue weighted by molar-refractivity contribution is -0.0500. The van der Waals surface area contributed by atoms with Gasteiger partial charge in [-0.25, -0.2) is 9.18 Å². The molecular formula is C10H6F3NO3. The van der Waals surface area contributed by atoms with Crippen molar-refractivity contribution in [3.63, 3.8) is 0 Å². The van der Waals surface area contributed by atoms with Crippen LogP contribution in [0.2, 0.25) is 0 Å². The molecule has 0 atom stereocenters. The maximum Gasteiger partial charge on any atom is 0.387 e. The summed E-state index contributed by atoms with van der Waals surface area (Å²) in [6.45, 7) is -3.16. The van der Waals surface area contributed by atoms with Gasteiger partial charge < -0.3 is 9.47 Å². The maximum atomic E-state index is 13.3. The van der Waals surface area contributed by atoms with Crippen molar-refractivity contribution >= 4 is 5.97 Å². The van der Waals surface area contributed by atoms with Crippen LogP contribution in [0.3, 0.4) is 0 Å². The molecule has 0 saturated heterocycles. The second-order valence-electron chi connectivity index (χ2n) is 2.81. The summed E-state index contributed by atoms with van der Waals surface area (Å²) in [7, 11) is 1.02. The van der Waals surface area contributed by atoms with Gasteiger partial charge in [-0.05, 0) is 6.07 Å². The molecule has 0 unspecified atom stereocenters. The summed E-state index contributed by atoms with van der Waals surface area (Å²) < 4.78 is 45.4. The second-order valence-corrected chi connectivity index (χ2v) is 2.81. The van der Waals surface area contributed by atoms with Crippen LogP contribution in [0.25, 0.3) is 0 Å². The largest absolute Gasteiger partial charge is 0.465 e. The minimum absolute atomic E-state index is 0.467. The standard InChI is InChI=1S/C10H6F3NO3/c1-16-9(15)6-2-5(17-10(12)13)3-8(11)7(6)4-14/h2-3,10H,1H3. The molecule has 0 aliphatic rings. The highest BCUT2D eigenvalue weighted by Crippen LogP contribution is 2.23. The summed E-state index contributed by atoms with van der Waals surface area (Å²) in [5.41, 5.74) is -1.05. The van der Waals surface area contributed by atoms with Gasteiger partial charge >= 0.3 is 12.6 Å². The highest BCUT2D eigenvalue weighted by molar-refractivity contribution is 5.92. The first-order valence-corrected chi connectivity index (χ1v) is 4.26. The van der Waals surface area contributed by atoms with Gasteiger partial charge in [0, 0.05) is 6.07 Å². The summed E-state index contributed by atoms with van der Waals surface area (Å²) >= 11 is 0. The molecule has 0 aliphatic heterocycles. The van der Waals surface area contributed by atoms with Crippen LogP contribution in [0.5, 0.6) is 5.75 Å². The second kappa shape index (κ2) is 5.21. The van der Waals surface area contributed by atoms with Crippen LogP contribution in [-0.2, 0) is 4.74 Å². The summed E-state index contributed by atoms with van der Waals surface area (Å²) in [5, 5.41) is 8.63. The van der Waals surface area contributed by atoms with Crippen LogP contribution in [0.1, 0.15) is 15.9 Å². The van der Waals surface area contributed by atoms with E-state index in [0.717, 1.165) is 13.2 Å². The third kappa shape index (κ3) is 2.87. The van der Waals surface area contributed by atoms with Gasteiger partial charge in [-0.15, -0.1) is 0 Å². The lowest BCUT2D eigenvalue weighted by atomic mass is 10.1. The quantitative estimate of drug-likeness (QED) is 0.765. The zero-order valence-corrected chi connectivity index (χ0v) is 8.54. The first-order valence-electron chi connectivity index (χ1n) is 4.26. The number of carbonyl (C=O) groups is 1. The molecule has 0 aliphatic carbocycles. The van der Waals surface area contributed by atoms with Crippen molar-refractivity contribution in [1.29, 1.82) is 5.26 Å². The lowest BCUT2D eigenvalue weighted by Crippen LogP contribution is -2.09. The topological polar surface area (TPSA) is 59.3 Å². The highest BCUT2D eigenvalue weighted by Gasteiger charge is 2.19.